The van der Waals surface area contributed by atoms with Gasteiger partial charge in [-0.1, -0.05) is 18.3 Å². The number of nitrogens with two attached hydrogens (primary N) is 1. The van der Waals surface area contributed by atoms with E-state index in [4.69, 9.17) is 10.5 Å². The Bertz CT molecular complexity index is 422. The maximum Gasteiger partial charge on any atom is 0.267 e. The number of thiazole rings is 1. The Kier molecular flexibility index (Phi) is 6.04. The Hall–Kier alpha value is -1.34. The average molecular weight is 286 g/mol. The molecule has 7 heteroatoms. The molecule has 3 N–H and O–H groups in total. The first kappa shape index (κ1) is 15.7. The van der Waals surface area contributed by atoms with Crippen LogP contribution in [-0.2, 0) is 4.74 Å². The van der Waals surface area contributed by atoms with E-state index in [1.165, 1.54) is 11.3 Å². The van der Waals surface area contributed by atoms with Crippen LogP contribution in [-0.4, -0.2) is 49.1 Å². The predicted molar refractivity (Wildman–Crippen MR) is 78.7 cm³/mol. The van der Waals surface area contributed by atoms with Crippen molar-refractivity contribution in [3.8, 4) is 0 Å². The van der Waals surface area contributed by atoms with E-state index in [1.807, 2.05) is 6.92 Å². The summed E-state index contributed by atoms with van der Waals surface area (Å²) in [5.41, 5.74) is 5.81. The maximum absolute atomic E-state index is 12.3. The van der Waals surface area contributed by atoms with Crippen LogP contribution in [0, 0.1) is 0 Å². The van der Waals surface area contributed by atoms with Crippen molar-refractivity contribution in [1.82, 2.24) is 9.88 Å². The fourth-order valence-corrected chi connectivity index (χ4v) is 2.40. The zero-order valence-electron chi connectivity index (χ0n) is 11.9. The molecule has 0 aromatic carbocycles. The molecule has 0 aliphatic rings. The highest BCUT2D eigenvalue weighted by atomic mass is 32.1. The minimum Gasteiger partial charge on any atom is -0.383 e. The summed E-state index contributed by atoms with van der Waals surface area (Å²) in [4.78, 5) is 18.6. The number of aromatic nitrogens is 1. The van der Waals surface area contributed by atoms with Gasteiger partial charge in [-0.2, -0.15) is 0 Å². The van der Waals surface area contributed by atoms with Crippen LogP contribution in [0.1, 0.15) is 29.9 Å². The van der Waals surface area contributed by atoms with Crippen molar-refractivity contribution in [2.75, 3.05) is 38.4 Å². The Morgan fingerprint density at radius 1 is 1.63 bits per heavy atom. The zero-order valence-corrected chi connectivity index (χ0v) is 12.7. The molecular formula is C12H22N4O2S. The van der Waals surface area contributed by atoms with E-state index in [0.29, 0.717) is 16.6 Å². The summed E-state index contributed by atoms with van der Waals surface area (Å²) in [5, 5.41) is 3.83. The Labute approximate surface area is 118 Å². The van der Waals surface area contributed by atoms with Crippen LogP contribution in [0.5, 0.6) is 0 Å². The number of nitrogen functional groups attached to an aromatic ring is 1. The lowest BCUT2D eigenvalue weighted by atomic mass is 10.3. The lowest BCUT2D eigenvalue weighted by Gasteiger charge is -2.23. The monoisotopic (exact) mass is 286 g/mol. The molecular weight excluding hydrogens is 264 g/mol. The largest absolute Gasteiger partial charge is 0.383 e. The highest BCUT2D eigenvalue weighted by molar-refractivity contribution is 7.18. The van der Waals surface area contributed by atoms with Crippen LogP contribution in [0.2, 0.25) is 0 Å². The van der Waals surface area contributed by atoms with Gasteiger partial charge in [0.1, 0.15) is 10.7 Å². The highest BCUT2D eigenvalue weighted by Gasteiger charge is 2.22. The van der Waals surface area contributed by atoms with Crippen LogP contribution in [0.3, 0.4) is 0 Å². The first-order chi connectivity index (χ1) is 9.01. The fraction of sp³-hybridized carbons (Fsp3) is 0.667. The maximum atomic E-state index is 12.3. The lowest BCUT2D eigenvalue weighted by Crippen LogP contribution is -2.37. The molecule has 0 bridgehead atoms. The van der Waals surface area contributed by atoms with Gasteiger partial charge in [-0.25, -0.2) is 4.98 Å². The van der Waals surface area contributed by atoms with Gasteiger partial charge in [0.25, 0.3) is 5.91 Å². The van der Waals surface area contributed by atoms with Crippen LogP contribution in [0.4, 0.5) is 10.9 Å². The van der Waals surface area contributed by atoms with Gasteiger partial charge < -0.3 is 20.7 Å². The lowest BCUT2D eigenvalue weighted by molar-refractivity contribution is 0.0639. The van der Waals surface area contributed by atoms with E-state index in [1.54, 1.807) is 19.1 Å². The minimum absolute atomic E-state index is 0.00829. The summed E-state index contributed by atoms with van der Waals surface area (Å²) in [6, 6.07) is -0.00829. The van der Waals surface area contributed by atoms with Crippen molar-refractivity contribution < 1.29 is 9.53 Å². The second-order valence-corrected chi connectivity index (χ2v) is 5.38. The van der Waals surface area contributed by atoms with Gasteiger partial charge in [0.15, 0.2) is 5.13 Å². The van der Waals surface area contributed by atoms with Gasteiger partial charge in [0.05, 0.1) is 12.6 Å². The fourth-order valence-electron chi connectivity index (χ4n) is 1.51. The molecule has 0 fully saturated rings. The third-order valence-electron chi connectivity index (χ3n) is 2.76. The summed E-state index contributed by atoms with van der Waals surface area (Å²) < 4.78 is 5.05. The van der Waals surface area contributed by atoms with Crippen LogP contribution in [0.25, 0.3) is 0 Å². The molecule has 0 spiro atoms. The standard InChI is InChI=1S/C12H22N4O2S/c1-5-6-14-12-15-10(13)9(19-12)11(17)16(3)8(2)7-18-4/h8H,5-7,13H2,1-4H3,(H,14,15). The van der Waals surface area contributed by atoms with E-state index in [-0.39, 0.29) is 17.8 Å². The molecule has 0 saturated carbocycles. The number of rotatable bonds is 7. The van der Waals surface area contributed by atoms with Gasteiger partial charge in [0, 0.05) is 20.7 Å². The second kappa shape index (κ2) is 7.30. The average Bonchev–Trinajstić information content (AvgIpc) is 2.76. The first-order valence-corrected chi connectivity index (χ1v) is 7.09. The molecule has 1 aromatic rings. The van der Waals surface area contributed by atoms with E-state index < -0.39 is 0 Å². The van der Waals surface area contributed by atoms with Crippen LogP contribution in [0.15, 0.2) is 0 Å². The predicted octanol–water partition coefficient (Wildman–Crippen LogP) is 1.65. The van der Waals surface area contributed by atoms with Gasteiger partial charge in [0.2, 0.25) is 0 Å². The number of hydrogen-bond donors (Lipinski definition) is 2. The minimum atomic E-state index is -0.121. The van der Waals surface area contributed by atoms with Gasteiger partial charge in [-0.05, 0) is 13.3 Å². The van der Waals surface area contributed by atoms with Crippen molar-refractivity contribution >= 4 is 28.2 Å². The zero-order chi connectivity index (χ0) is 14.4. The molecule has 0 radical (unpaired) electrons. The van der Waals surface area contributed by atoms with Crippen molar-refractivity contribution in [3.63, 3.8) is 0 Å². The van der Waals surface area contributed by atoms with Gasteiger partial charge >= 0.3 is 0 Å². The van der Waals surface area contributed by atoms with Crippen LogP contribution < -0.4 is 11.1 Å². The van der Waals surface area contributed by atoms with E-state index in [0.717, 1.165) is 13.0 Å². The SMILES string of the molecule is CCCNc1nc(N)c(C(=O)N(C)C(C)COC)s1. The summed E-state index contributed by atoms with van der Waals surface area (Å²) in [7, 11) is 3.35. The van der Waals surface area contributed by atoms with Gasteiger partial charge in [-0.15, -0.1) is 0 Å². The summed E-state index contributed by atoms with van der Waals surface area (Å²) in [5.74, 6) is 0.161. The molecule has 6 nitrogen and oxygen atoms in total. The highest BCUT2D eigenvalue weighted by Crippen LogP contribution is 2.26. The number of nitrogens with zero attached hydrogens (tertiary/aromatic N) is 2. The van der Waals surface area contributed by atoms with Crippen molar-refractivity contribution in [2.24, 2.45) is 0 Å². The molecule has 108 valence electrons. The van der Waals surface area contributed by atoms with Crippen LogP contribution >= 0.6 is 11.3 Å². The van der Waals surface area contributed by atoms with Crippen molar-refractivity contribution in [1.29, 1.82) is 0 Å². The molecule has 0 aliphatic heterocycles. The number of anilines is 2. The summed E-state index contributed by atoms with van der Waals surface area (Å²) in [6.07, 6.45) is 0.994. The molecule has 0 saturated heterocycles. The summed E-state index contributed by atoms with van der Waals surface area (Å²) >= 11 is 1.29. The van der Waals surface area contributed by atoms with Crippen molar-refractivity contribution in [3.05, 3.63) is 4.88 Å². The number of amides is 1. The third-order valence-corrected chi connectivity index (χ3v) is 3.78. The Morgan fingerprint density at radius 3 is 2.89 bits per heavy atom. The molecule has 19 heavy (non-hydrogen) atoms. The van der Waals surface area contributed by atoms with Crippen molar-refractivity contribution in [2.45, 2.75) is 26.3 Å². The summed E-state index contributed by atoms with van der Waals surface area (Å²) in [6.45, 7) is 5.30. The topological polar surface area (TPSA) is 80.5 Å². The molecule has 1 aromatic heterocycles. The number of ether oxygens (including phenoxy) is 1. The molecule has 0 aliphatic carbocycles. The van der Waals surface area contributed by atoms with E-state index in [9.17, 15) is 4.79 Å². The number of carbonyl (C=O) groups is 1. The van der Waals surface area contributed by atoms with E-state index in [2.05, 4.69) is 17.2 Å². The quantitative estimate of drug-likeness (QED) is 0.796. The van der Waals surface area contributed by atoms with Gasteiger partial charge in [-0.3, -0.25) is 4.79 Å². The second-order valence-electron chi connectivity index (χ2n) is 4.38. The molecule has 1 unspecified atom stereocenters. The number of hydrogen-bond acceptors (Lipinski definition) is 6. The third kappa shape index (κ3) is 4.07. The number of carbonyl (C=O) groups excluding carboxylic acids is 1. The number of nitrogens with one attached hydrogen (secondary N) is 1. The first-order valence-electron chi connectivity index (χ1n) is 6.27. The normalized spacial score (nSPS) is 12.2. The molecule has 1 rings (SSSR count). The number of likely N-dealkylation sites (N-methyl/N-ethyl adjacent to an activating group) is 1. The molecule has 1 heterocycles. The molecule has 1 atom stereocenters. The van der Waals surface area contributed by atoms with E-state index >= 15 is 0 Å². The Balaban J connectivity index is 2.78. The smallest absolute Gasteiger partial charge is 0.267 e. The number of methoxy groups -OCH3 is 1. The molecule has 1 amide bonds. The Morgan fingerprint density at radius 2 is 2.32 bits per heavy atom.